The number of aryl methyl sites for hydroxylation is 2. The molecule has 0 bridgehead atoms. The van der Waals surface area contributed by atoms with Crippen LogP contribution in [0.3, 0.4) is 0 Å². The lowest BCUT2D eigenvalue weighted by Gasteiger charge is -2.21. The molecule has 0 unspecified atom stereocenters. The van der Waals surface area contributed by atoms with E-state index in [4.69, 9.17) is 4.98 Å². The van der Waals surface area contributed by atoms with Crippen LogP contribution in [-0.2, 0) is 5.41 Å². The largest absolute Gasteiger partial charge is 0.257 e. The first-order valence-electron chi connectivity index (χ1n) is 7.00. The summed E-state index contributed by atoms with van der Waals surface area (Å²) in [5.74, 6) is 0. The summed E-state index contributed by atoms with van der Waals surface area (Å²) in [6, 6.07) is 12.8. The minimum Gasteiger partial charge on any atom is -0.257 e. The fourth-order valence-electron chi connectivity index (χ4n) is 2.68. The van der Waals surface area contributed by atoms with Crippen molar-refractivity contribution in [2.24, 2.45) is 0 Å². The van der Waals surface area contributed by atoms with Gasteiger partial charge in [0.2, 0.25) is 0 Å². The lowest BCUT2D eigenvalue weighted by Crippen LogP contribution is -2.17. The van der Waals surface area contributed by atoms with Crippen molar-refractivity contribution < 1.29 is 0 Å². The van der Waals surface area contributed by atoms with Gasteiger partial charge in [0.1, 0.15) is 0 Å². The first-order valence-corrected chi connectivity index (χ1v) is 7.00. The maximum Gasteiger partial charge on any atom is 0.0544 e. The molecule has 1 heterocycles. The Hall–Kier alpha value is -2.15. The average molecular weight is 261 g/mol. The zero-order valence-electron chi connectivity index (χ0n) is 12.2. The summed E-state index contributed by atoms with van der Waals surface area (Å²) >= 11 is 0. The molecule has 1 aromatic heterocycles. The lowest BCUT2D eigenvalue weighted by atomic mass is 9.85. The smallest absolute Gasteiger partial charge is 0.0544 e. The maximum absolute atomic E-state index is 4.73. The monoisotopic (exact) mass is 261 g/mol. The molecule has 0 atom stereocenters. The highest BCUT2D eigenvalue weighted by molar-refractivity contribution is 5.70. The molecular weight excluding hydrogens is 242 g/mol. The van der Waals surface area contributed by atoms with Gasteiger partial charge < -0.3 is 0 Å². The van der Waals surface area contributed by atoms with E-state index in [0.717, 1.165) is 11.4 Å². The highest BCUT2D eigenvalue weighted by Crippen LogP contribution is 2.31. The normalized spacial score (nSPS) is 15.8. The molecule has 0 fully saturated rings. The second-order valence-corrected chi connectivity index (χ2v) is 5.75. The number of benzene rings is 1. The summed E-state index contributed by atoms with van der Waals surface area (Å²) in [6.07, 6.45) is 8.90. The maximum atomic E-state index is 4.73. The molecule has 0 radical (unpaired) electrons. The van der Waals surface area contributed by atoms with Crippen LogP contribution >= 0.6 is 0 Å². The third-order valence-corrected chi connectivity index (χ3v) is 3.86. The predicted molar refractivity (Wildman–Crippen MR) is 85.6 cm³/mol. The van der Waals surface area contributed by atoms with Crippen molar-refractivity contribution in [3.05, 3.63) is 76.6 Å². The van der Waals surface area contributed by atoms with Gasteiger partial charge in [-0.3, -0.25) is 4.98 Å². The van der Waals surface area contributed by atoms with E-state index in [1.807, 2.05) is 0 Å². The van der Waals surface area contributed by atoms with Crippen molar-refractivity contribution >= 4 is 12.2 Å². The quantitative estimate of drug-likeness (QED) is 0.725. The van der Waals surface area contributed by atoms with E-state index in [0.29, 0.717) is 0 Å². The van der Waals surface area contributed by atoms with Gasteiger partial charge in [0.25, 0.3) is 0 Å². The molecule has 1 aromatic carbocycles. The van der Waals surface area contributed by atoms with Crippen LogP contribution in [0.25, 0.3) is 12.2 Å². The molecule has 1 nitrogen and oxygen atoms in total. The van der Waals surface area contributed by atoms with Crippen molar-refractivity contribution in [3.63, 3.8) is 0 Å². The van der Waals surface area contributed by atoms with Gasteiger partial charge in [-0.2, -0.15) is 0 Å². The van der Waals surface area contributed by atoms with Crippen molar-refractivity contribution in [3.8, 4) is 0 Å². The molecule has 0 amide bonds. The van der Waals surface area contributed by atoms with E-state index in [9.17, 15) is 0 Å². The summed E-state index contributed by atoms with van der Waals surface area (Å²) in [5, 5.41) is 0. The molecule has 0 N–H and O–H groups in total. The SMILES string of the molecule is Cc1cc(C)nc(C2(C)C=Cc3ccccc3C=C2)c1. The number of hydrogen-bond acceptors (Lipinski definition) is 1. The molecule has 1 aliphatic rings. The molecule has 0 aliphatic heterocycles. The van der Waals surface area contributed by atoms with Crippen LogP contribution in [0.5, 0.6) is 0 Å². The van der Waals surface area contributed by atoms with Crippen LogP contribution in [-0.4, -0.2) is 4.98 Å². The molecule has 1 aliphatic carbocycles. The minimum atomic E-state index is -0.157. The standard InChI is InChI=1S/C19H19N/c1-14-12-15(2)20-18(13-14)19(3)10-8-16-6-4-5-7-17(16)9-11-19/h4-13H,1-3H3. The van der Waals surface area contributed by atoms with Gasteiger partial charge in [-0.1, -0.05) is 48.6 Å². The average Bonchev–Trinajstić information content (AvgIpc) is 2.59. The fourth-order valence-corrected chi connectivity index (χ4v) is 2.68. The van der Waals surface area contributed by atoms with Crippen LogP contribution in [0, 0.1) is 13.8 Å². The predicted octanol–water partition coefficient (Wildman–Crippen LogP) is 4.70. The van der Waals surface area contributed by atoms with Crippen molar-refractivity contribution in [1.82, 2.24) is 4.98 Å². The van der Waals surface area contributed by atoms with Crippen LogP contribution in [0.4, 0.5) is 0 Å². The van der Waals surface area contributed by atoms with Gasteiger partial charge in [-0.25, -0.2) is 0 Å². The molecular formula is C19H19N. The minimum absolute atomic E-state index is 0.157. The molecule has 1 heteroatoms. The third kappa shape index (κ3) is 2.32. The van der Waals surface area contributed by atoms with Gasteiger partial charge in [-0.15, -0.1) is 0 Å². The third-order valence-electron chi connectivity index (χ3n) is 3.86. The zero-order valence-corrected chi connectivity index (χ0v) is 12.2. The number of nitrogens with zero attached hydrogens (tertiary/aromatic N) is 1. The highest BCUT2D eigenvalue weighted by Gasteiger charge is 2.23. The number of pyridine rings is 1. The van der Waals surface area contributed by atoms with Crippen LogP contribution in [0.1, 0.15) is 35.0 Å². The Morgan fingerprint density at radius 2 is 1.50 bits per heavy atom. The molecule has 0 saturated carbocycles. The van der Waals surface area contributed by atoms with Gasteiger partial charge in [0.05, 0.1) is 5.69 Å². The second-order valence-electron chi connectivity index (χ2n) is 5.75. The molecule has 100 valence electrons. The van der Waals surface area contributed by atoms with Crippen LogP contribution in [0.2, 0.25) is 0 Å². The van der Waals surface area contributed by atoms with Crippen LogP contribution in [0.15, 0.2) is 48.6 Å². The topological polar surface area (TPSA) is 12.9 Å². The summed E-state index contributed by atoms with van der Waals surface area (Å²) in [4.78, 5) is 4.73. The first-order chi connectivity index (χ1) is 9.57. The summed E-state index contributed by atoms with van der Waals surface area (Å²) in [5.41, 5.74) is 5.81. The Kier molecular flexibility index (Phi) is 3.06. The van der Waals surface area contributed by atoms with E-state index in [2.05, 4.69) is 81.5 Å². The molecule has 0 spiro atoms. The van der Waals surface area contributed by atoms with E-state index in [1.165, 1.54) is 16.7 Å². The Morgan fingerprint density at radius 3 is 2.05 bits per heavy atom. The lowest BCUT2D eigenvalue weighted by molar-refractivity contribution is 0.725. The first kappa shape index (κ1) is 12.9. The molecule has 2 aromatic rings. The zero-order chi connectivity index (χ0) is 14.2. The van der Waals surface area contributed by atoms with E-state index in [1.54, 1.807) is 0 Å². The number of fused-ring (bicyclic) bond motifs is 1. The van der Waals surface area contributed by atoms with Crippen molar-refractivity contribution in [2.45, 2.75) is 26.2 Å². The van der Waals surface area contributed by atoms with E-state index in [-0.39, 0.29) is 5.41 Å². The Bertz CT molecular complexity index is 654. The Morgan fingerprint density at radius 1 is 0.900 bits per heavy atom. The van der Waals surface area contributed by atoms with Crippen molar-refractivity contribution in [2.75, 3.05) is 0 Å². The summed E-state index contributed by atoms with van der Waals surface area (Å²) in [7, 11) is 0. The Labute approximate surface area is 120 Å². The second kappa shape index (κ2) is 4.75. The van der Waals surface area contributed by atoms with Gasteiger partial charge in [-0.05, 0) is 49.6 Å². The molecule has 3 rings (SSSR count). The summed E-state index contributed by atoms with van der Waals surface area (Å²) in [6.45, 7) is 6.40. The fraction of sp³-hybridized carbons (Fsp3) is 0.211. The highest BCUT2D eigenvalue weighted by atomic mass is 14.7. The Balaban J connectivity index is 2.11. The van der Waals surface area contributed by atoms with Gasteiger partial charge in [0.15, 0.2) is 0 Å². The number of rotatable bonds is 1. The van der Waals surface area contributed by atoms with E-state index >= 15 is 0 Å². The van der Waals surface area contributed by atoms with Gasteiger partial charge in [0, 0.05) is 11.1 Å². The number of aromatic nitrogens is 1. The van der Waals surface area contributed by atoms with Gasteiger partial charge >= 0.3 is 0 Å². The number of allylic oxidation sites excluding steroid dienone is 2. The number of hydrogen-bond donors (Lipinski definition) is 0. The summed E-state index contributed by atoms with van der Waals surface area (Å²) < 4.78 is 0. The van der Waals surface area contributed by atoms with E-state index < -0.39 is 0 Å². The van der Waals surface area contributed by atoms with Crippen LogP contribution < -0.4 is 0 Å². The molecule has 0 saturated heterocycles. The molecule has 20 heavy (non-hydrogen) atoms. The van der Waals surface area contributed by atoms with Crippen molar-refractivity contribution in [1.29, 1.82) is 0 Å².